The van der Waals surface area contributed by atoms with E-state index in [4.69, 9.17) is 9.47 Å². The second-order valence-electron chi connectivity index (χ2n) is 6.81. The van der Waals surface area contributed by atoms with Crippen LogP contribution in [0.5, 0.6) is 11.5 Å². The molecular weight excluding hydrogens is 354 g/mol. The molecule has 6 heteroatoms. The minimum Gasteiger partial charge on any atom is -0.497 e. The number of carbonyl (C=O) groups is 1. The van der Waals surface area contributed by atoms with Crippen LogP contribution in [0.25, 0.3) is 0 Å². The van der Waals surface area contributed by atoms with Crippen LogP contribution in [-0.2, 0) is 11.3 Å². The molecule has 3 rings (SSSR count). The standard InChI is InChI=1S/C22H29N3O3/c1-27-19-9-7-18(8-10-19)17-23-12-11-22(26)25-15-13-24(14-16-25)20-5-3-4-6-21(20)28-2/h3-10,23H,11-17H2,1-2H3. The van der Waals surface area contributed by atoms with E-state index in [1.54, 1.807) is 14.2 Å². The first-order valence-electron chi connectivity index (χ1n) is 9.70. The van der Waals surface area contributed by atoms with Gasteiger partial charge in [-0.15, -0.1) is 0 Å². The lowest BCUT2D eigenvalue weighted by Crippen LogP contribution is -2.49. The second kappa shape index (κ2) is 9.99. The number of nitrogens with one attached hydrogen (secondary N) is 1. The van der Waals surface area contributed by atoms with Gasteiger partial charge in [-0.2, -0.15) is 0 Å². The summed E-state index contributed by atoms with van der Waals surface area (Å²) in [5, 5.41) is 3.34. The molecule has 0 atom stereocenters. The van der Waals surface area contributed by atoms with Crippen LogP contribution >= 0.6 is 0 Å². The first kappa shape index (κ1) is 20.0. The summed E-state index contributed by atoms with van der Waals surface area (Å²) >= 11 is 0. The van der Waals surface area contributed by atoms with Crippen LogP contribution in [0.2, 0.25) is 0 Å². The fourth-order valence-corrected chi connectivity index (χ4v) is 3.42. The first-order chi connectivity index (χ1) is 13.7. The van der Waals surface area contributed by atoms with Crippen molar-refractivity contribution >= 4 is 11.6 Å². The molecule has 0 spiro atoms. The molecule has 2 aromatic rings. The van der Waals surface area contributed by atoms with Gasteiger partial charge in [0.05, 0.1) is 19.9 Å². The number of para-hydroxylation sites is 2. The third kappa shape index (κ3) is 5.16. The second-order valence-corrected chi connectivity index (χ2v) is 6.81. The van der Waals surface area contributed by atoms with Gasteiger partial charge < -0.3 is 24.6 Å². The van der Waals surface area contributed by atoms with Crippen LogP contribution in [0.15, 0.2) is 48.5 Å². The molecule has 28 heavy (non-hydrogen) atoms. The number of hydrogen-bond acceptors (Lipinski definition) is 5. The Bertz CT molecular complexity index is 756. The van der Waals surface area contributed by atoms with Gasteiger partial charge in [0.25, 0.3) is 0 Å². The van der Waals surface area contributed by atoms with E-state index < -0.39 is 0 Å². The van der Waals surface area contributed by atoms with E-state index in [0.717, 1.165) is 49.9 Å². The molecule has 0 saturated carbocycles. The van der Waals surface area contributed by atoms with Gasteiger partial charge in [-0.25, -0.2) is 0 Å². The van der Waals surface area contributed by atoms with Crippen molar-refractivity contribution < 1.29 is 14.3 Å². The highest BCUT2D eigenvalue weighted by atomic mass is 16.5. The number of rotatable bonds is 8. The minimum atomic E-state index is 0.210. The molecule has 1 N–H and O–H groups in total. The van der Waals surface area contributed by atoms with E-state index in [2.05, 4.69) is 16.3 Å². The quantitative estimate of drug-likeness (QED) is 0.710. The Hall–Kier alpha value is -2.73. The van der Waals surface area contributed by atoms with Gasteiger partial charge in [0.1, 0.15) is 11.5 Å². The van der Waals surface area contributed by atoms with E-state index in [-0.39, 0.29) is 5.91 Å². The molecule has 6 nitrogen and oxygen atoms in total. The lowest BCUT2D eigenvalue weighted by atomic mass is 10.2. The van der Waals surface area contributed by atoms with Gasteiger partial charge in [0, 0.05) is 45.7 Å². The lowest BCUT2D eigenvalue weighted by Gasteiger charge is -2.36. The van der Waals surface area contributed by atoms with Gasteiger partial charge >= 0.3 is 0 Å². The summed E-state index contributed by atoms with van der Waals surface area (Å²) < 4.78 is 10.6. The molecule has 0 unspecified atom stereocenters. The largest absolute Gasteiger partial charge is 0.497 e. The smallest absolute Gasteiger partial charge is 0.223 e. The van der Waals surface area contributed by atoms with Gasteiger partial charge in [-0.1, -0.05) is 24.3 Å². The molecule has 1 saturated heterocycles. The zero-order valence-electron chi connectivity index (χ0n) is 16.7. The van der Waals surface area contributed by atoms with Crippen LogP contribution in [0, 0.1) is 0 Å². The zero-order valence-corrected chi connectivity index (χ0v) is 16.7. The summed E-state index contributed by atoms with van der Waals surface area (Å²) in [7, 11) is 3.35. The van der Waals surface area contributed by atoms with Crippen LogP contribution in [-0.4, -0.2) is 57.8 Å². The first-order valence-corrected chi connectivity index (χ1v) is 9.70. The Kier molecular flexibility index (Phi) is 7.14. The molecule has 2 aromatic carbocycles. The Labute approximate surface area is 167 Å². The summed E-state index contributed by atoms with van der Waals surface area (Å²) in [4.78, 5) is 16.7. The summed E-state index contributed by atoms with van der Waals surface area (Å²) in [6, 6.07) is 16.0. The summed E-state index contributed by atoms with van der Waals surface area (Å²) in [6.45, 7) is 4.57. The summed E-state index contributed by atoms with van der Waals surface area (Å²) in [6.07, 6.45) is 0.519. The fourth-order valence-electron chi connectivity index (χ4n) is 3.42. The van der Waals surface area contributed by atoms with Gasteiger partial charge in [0.15, 0.2) is 0 Å². The molecule has 0 aliphatic carbocycles. The third-order valence-electron chi connectivity index (χ3n) is 5.06. The topological polar surface area (TPSA) is 54.0 Å². The van der Waals surface area contributed by atoms with Crippen LogP contribution < -0.4 is 19.7 Å². The number of hydrogen-bond donors (Lipinski definition) is 1. The zero-order chi connectivity index (χ0) is 19.8. The highest BCUT2D eigenvalue weighted by molar-refractivity contribution is 5.76. The molecule has 0 radical (unpaired) electrons. The number of carbonyl (C=O) groups excluding carboxylic acids is 1. The van der Waals surface area contributed by atoms with Gasteiger partial charge in [0.2, 0.25) is 5.91 Å². The highest BCUT2D eigenvalue weighted by Crippen LogP contribution is 2.28. The Balaban J connectivity index is 1.39. The monoisotopic (exact) mass is 383 g/mol. The molecule has 1 amide bonds. The number of methoxy groups -OCH3 is 2. The van der Waals surface area contributed by atoms with Crippen molar-refractivity contribution in [2.75, 3.05) is 51.8 Å². The van der Waals surface area contributed by atoms with Gasteiger partial charge in [-0.3, -0.25) is 4.79 Å². The molecule has 0 aromatic heterocycles. The Morgan fingerprint density at radius 1 is 0.964 bits per heavy atom. The fraction of sp³-hybridized carbons (Fsp3) is 0.409. The van der Waals surface area contributed by atoms with E-state index in [1.807, 2.05) is 47.4 Å². The number of nitrogens with zero attached hydrogens (tertiary/aromatic N) is 2. The van der Waals surface area contributed by atoms with Crippen molar-refractivity contribution in [1.29, 1.82) is 0 Å². The third-order valence-corrected chi connectivity index (χ3v) is 5.06. The van der Waals surface area contributed by atoms with Crippen molar-refractivity contribution in [3.05, 3.63) is 54.1 Å². The average Bonchev–Trinajstić information content (AvgIpc) is 2.77. The predicted octanol–water partition coefficient (Wildman–Crippen LogP) is 2.53. The van der Waals surface area contributed by atoms with Crippen molar-refractivity contribution in [3.63, 3.8) is 0 Å². The van der Waals surface area contributed by atoms with E-state index in [0.29, 0.717) is 13.0 Å². The maximum Gasteiger partial charge on any atom is 0.223 e. The average molecular weight is 383 g/mol. The number of benzene rings is 2. The molecule has 1 heterocycles. The van der Waals surface area contributed by atoms with Crippen LogP contribution in [0.1, 0.15) is 12.0 Å². The van der Waals surface area contributed by atoms with Crippen LogP contribution in [0.3, 0.4) is 0 Å². The predicted molar refractivity (Wildman–Crippen MR) is 111 cm³/mol. The Morgan fingerprint density at radius 2 is 1.68 bits per heavy atom. The Morgan fingerprint density at radius 3 is 2.36 bits per heavy atom. The van der Waals surface area contributed by atoms with E-state index in [9.17, 15) is 4.79 Å². The summed E-state index contributed by atoms with van der Waals surface area (Å²) in [5.41, 5.74) is 2.27. The number of ether oxygens (including phenoxy) is 2. The van der Waals surface area contributed by atoms with Crippen LogP contribution in [0.4, 0.5) is 5.69 Å². The molecule has 1 aliphatic heterocycles. The van der Waals surface area contributed by atoms with E-state index >= 15 is 0 Å². The maximum atomic E-state index is 12.5. The van der Waals surface area contributed by atoms with Crippen molar-refractivity contribution in [3.8, 4) is 11.5 Å². The van der Waals surface area contributed by atoms with Crippen molar-refractivity contribution in [2.24, 2.45) is 0 Å². The van der Waals surface area contributed by atoms with Crippen molar-refractivity contribution in [2.45, 2.75) is 13.0 Å². The molecule has 150 valence electrons. The SMILES string of the molecule is COc1ccc(CNCCC(=O)N2CCN(c3ccccc3OC)CC2)cc1. The molecule has 1 fully saturated rings. The number of anilines is 1. The minimum absolute atomic E-state index is 0.210. The van der Waals surface area contributed by atoms with Crippen molar-refractivity contribution in [1.82, 2.24) is 10.2 Å². The van der Waals surface area contributed by atoms with Gasteiger partial charge in [-0.05, 0) is 29.8 Å². The number of amides is 1. The summed E-state index contributed by atoms with van der Waals surface area (Å²) in [5.74, 6) is 1.94. The maximum absolute atomic E-state index is 12.5. The highest BCUT2D eigenvalue weighted by Gasteiger charge is 2.22. The molecule has 1 aliphatic rings. The number of piperazine rings is 1. The lowest BCUT2D eigenvalue weighted by molar-refractivity contribution is -0.131. The molecular formula is C22H29N3O3. The van der Waals surface area contributed by atoms with E-state index in [1.165, 1.54) is 5.56 Å². The normalized spacial score (nSPS) is 14.1. The molecule has 0 bridgehead atoms.